The van der Waals surface area contributed by atoms with Crippen LogP contribution in [0.1, 0.15) is 54.0 Å². The van der Waals surface area contributed by atoms with E-state index in [1.54, 1.807) is 0 Å². The van der Waals surface area contributed by atoms with Crippen LogP contribution in [0.25, 0.3) is 0 Å². The maximum Gasteiger partial charge on any atom is 0.355 e. The Bertz CT molecular complexity index is 567. The Morgan fingerprint density at radius 3 is 2.61 bits per heavy atom. The van der Waals surface area contributed by atoms with Gasteiger partial charge in [0.1, 0.15) is 5.01 Å². The van der Waals surface area contributed by atoms with Crippen molar-refractivity contribution >= 4 is 29.1 Å². The minimum Gasteiger partial charge on any atom is -0.476 e. The summed E-state index contributed by atoms with van der Waals surface area (Å²) in [5.41, 5.74) is -0.0283. The molecule has 8 heteroatoms. The molecular weight excluding hydrogens is 318 g/mol. The summed E-state index contributed by atoms with van der Waals surface area (Å²) >= 11 is 1.17. The average molecular weight is 339 g/mol. The monoisotopic (exact) mass is 339 g/mol. The highest BCUT2D eigenvalue weighted by atomic mass is 32.1. The van der Waals surface area contributed by atoms with Gasteiger partial charge in [-0.15, -0.1) is 11.3 Å². The van der Waals surface area contributed by atoms with Gasteiger partial charge in [-0.2, -0.15) is 0 Å². The number of hydrogen-bond donors (Lipinski definition) is 3. The average Bonchev–Trinajstić information content (AvgIpc) is 3.19. The van der Waals surface area contributed by atoms with Crippen molar-refractivity contribution in [2.24, 2.45) is 5.92 Å². The number of carbonyl (C=O) groups excluding carboxylic acids is 2. The smallest absolute Gasteiger partial charge is 0.355 e. The molecule has 7 nitrogen and oxygen atoms in total. The van der Waals surface area contributed by atoms with Crippen LogP contribution in [0.4, 0.5) is 0 Å². The normalized spacial score (nSPS) is 14.6. The highest BCUT2D eigenvalue weighted by Gasteiger charge is 2.16. The van der Waals surface area contributed by atoms with Gasteiger partial charge in [0, 0.05) is 11.8 Å². The van der Waals surface area contributed by atoms with Crippen LogP contribution in [-0.2, 0) is 16.1 Å². The van der Waals surface area contributed by atoms with Gasteiger partial charge in [0.2, 0.25) is 11.8 Å². The molecule has 1 aliphatic carbocycles. The van der Waals surface area contributed by atoms with Crippen LogP contribution in [0.2, 0.25) is 0 Å². The number of aromatic nitrogens is 1. The predicted molar refractivity (Wildman–Crippen MR) is 85.1 cm³/mol. The lowest BCUT2D eigenvalue weighted by Gasteiger charge is -2.09. The molecule has 23 heavy (non-hydrogen) atoms. The number of nitrogens with zero attached hydrogens (tertiary/aromatic N) is 1. The fourth-order valence-electron chi connectivity index (χ4n) is 2.63. The van der Waals surface area contributed by atoms with E-state index in [0.717, 1.165) is 6.42 Å². The molecule has 126 valence electrons. The molecule has 0 spiro atoms. The first-order valence-electron chi connectivity index (χ1n) is 7.75. The van der Waals surface area contributed by atoms with Crippen molar-refractivity contribution in [1.29, 1.82) is 0 Å². The van der Waals surface area contributed by atoms with Gasteiger partial charge >= 0.3 is 5.97 Å². The van der Waals surface area contributed by atoms with Gasteiger partial charge in [0.05, 0.1) is 13.1 Å². The van der Waals surface area contributed by atoms with Crippen molar-refractivity contribution in [3.63, 3.8) is 0 Å². The van der Waals surface area contributed by atoms with E-state index in [9.17, 15) is 14.4 Å². The molecule has 1 aromatic heterocycles. The fraction of sp³-hybridized carbons (Fsp3) is 0.600. The van der Waals surface area contributed by atoms with Gasteiger partial charge in [0.25, 0.3) is 0 Å². The second-order valence-corrected chi connectivity index (χ2v) is 6.62. The van der Waals surface area contributed by atoms with Crippen LogP contribution >= 0.6 is 11.3 Å². The molecule has 0 aliphatic heterocycles. The van der Waals surface area contributed by atoms with Crippen LogP contribution in [-0.4, -0.2) is 34.4 Å². The van der Waals surface area contributed by atoms with Gasteiger partial charge in [0.15, 0.2) is 5.69 Å². The Morgan fingerprint density at radius 2 is 1.96 bits per heavy atom. The number of aromatic carboxylic acids is 1. The molecule has 1 fully saturated rings. The fourth-order valence-corrected chi connectivity index (χ4v) is 3.34. The summed E-state index contributed by atoms with van der Waals surface area (Å²) in [6.07, 6.45) is 6.29. The maximum atomic E-state index is 11.7. The summed E-state index contributed by atoms with van der Waals surface area (Å²) in [4.78, 5) is 37.9. The summed E-state index contributed by atoms with van der Waals surface area (Å²) in [6.45, 7) is 0.0926. The Labute approximate surface area is 138 Å². The second kappa shape index (κ2) is 8.61. The Hall–Kier alpha value is -1.96. The molecule has 0 saturated heterocycles. The maximum absolute atomic E-state index is 11.7. The predicted octanol–water partition coefficient (Wildman–Crippen LogP) is 1.54. The van der Waals surface area contributed by atoms with Crippen LogP contribution in [0.15, 0.2) is 5.38 Å². The number of amides is 2. The minimum absolute atomic E-state index is 0.0283. The van der Waals surface area contributed by atoms with E-state index < -0.39 is 5.97 Å². The highest BCUT2D eigenvalue weighted by molar-refractivity contribution is 7.09. The van der Waals surface area contributed by atoms with Gasteiger partial charge in [-0.3, -0.25) is 9.59 Å². The first kappa shape index (κ1) is 17.4. The summed E-state index contributed by atoms with van der Waals surface area (Å²) in [5.74, 6) is -0.850. The molecule has 1 aromatic rings. The number of rotatable bonds is 8. The van der Waals surface area contributed by atoms with E-state index in [1.807, 2.05) is 0 Å². The number of carboxylic acids is 1. The molecule has 0 atom stereocenters. The van der Waals surface area contributed by atoms with E-state index in [1.165, 1.54) is 42.4 Å². The quantitative estimate of drug-likeness (QED) is 0.666. The topological polar surface area (TPSA) is 108 Å². The number of carboxylic acid groups (broad SMARTS) is 1. The molecule has 3 N–H and O–H groups in total. The number of thiazole rings is 1. The van der Waals surface area contributed by atoms with Crippen molar-refractivity contribution in [3.05, 3.63) is 16.1 Å². The summed E-state index contributed by atoms with van der Waals surface area (Å²) in [7, 11) is 0. The van der Waals surface area contributed by atoms with Crippen molar-refractivity contribution in [1.82, 2.24) is 15.6 Å². The summed E-state index contributed by atoms with van der Waals surface area (Å²) < 4.78 is 0. The zero-order chi connectivity index (χ0) is 16.7. The number of nitrogens with one attached hydrogen (secondary N) is 2. The lowest BCUT2D eigenvalue weighted by molar-refractivity contribution is -0.126. The molecule has 0 bridgehead atoms. The lowest BCUT2D eigenvalue weighted by atomic mass is 10.0. The van der Waals surface area contributed by atoms with Gasteiger partial charge in [-0.1, -0.05) is 25.7 Å². The molecule has 0 unspecified atom stereocenters. The van der Waals surface area contributed by atoms with Crippen LogP contribution < -0.4 is 10.6 Å². The van der Waals surface area contributed by atoms with Gasteiger partial charge < -0.3 is 15.7 Å². The first-order chi connectivity index (χ1) is 11.0. The second-order valence-electron chi connectivity index (χ2n) is 5.67. The summed E-state index contributed by atoms with van der Waals surface area (Å²) in [6, 6.07) is 0. The lowest BCUT2D eigenvalue weighted by Crippen LogP contribution is -2.36. The van der Waals surface area contributed by atoms with Crippen molar-refractivity contribution in [2.75, 3.05) is 6.54 Å². The molecule has 2 amide bonds. The number of carbonyl (C=O) groups is 3. The Balaban J connectivity index is 1.60. The molecule has 2 rings (SSSR count). The first-order valence-corrected chi connectivity index (χ1v) is 8.63. The van der Waals surface area contributed by atoms with Crippen molar-refractivity contribution < 1.29 is 19.5 Å². The Morgan fingerprint density at radius 1 is 1.22 bits per heavy atom. The molecular formula is C15H21N3O4S. The molecule has 1 heterocycles. The molecule has 1 aliphatic rings. The van der Waals surface area contributed by atoms with E-state index in [4.69, 9.17) is 5.11 Å². The third-order valence-electron chi connectivity index (χ3n) is 3.91. The van der Waals surface area contributed by atoms with E-state index in [0.29, 0.717) is 17.3 Å². The SMILES string of the molecule is O=C(CCC1CCCC1)NCC(=O)NCc1nc(C(=O)O)cs1. The zero-order valence-corrected chi connectivity index (χ0v) is 13.7. The summed E-state index contributed by atoms with van der Waals surface area (Å²) in [5, 5.41) is 15.9. The highest BCUT2D eigenvalue weighted by Crippen LogP contribution is 2.28. The van der Waals surface area contributed by atoms with Gasteiger partial charge in [-0.05, 0) is 12.3 Å². The van der Waals surface area contributed by atoms with Crippen molar-refractivity contribution in [2.45, 2.75) is 45.1 Å². The zero-order valence-electron chi connectivity index (χ0n) is 12.8. The van der Waals surface area contributed by atoms with Crippen LogP contribution in [0.5, 0.6) is 0 Å². The van der Waals surface area contributed by atoms with Crippen LogP contribution in [0, 0.1) is 5.92 Å². The third-order valence-corrected chi connectivity index (χ3v) is 4.76. The molecule has 0 radical (unpaired) electrons. The molecule has 1 saturated carbocycles. The van der Waals surface area contributed by atoms with Crippen LogP contribution in [0.3, 0.4) is 0 Å². The van der Waals surface area contributed by atoms with E-state index >= 15 is 0 Å². The van der Waals surface area contributed by atoms with Gasteiger partial charge in [-0.25, -0.2) is 9.78 Å². The largest absolute Gasteiger partial charge is 0.476 e. The number of hydrogen-bond acceptors (Lipinski definition) is 5. The van der Waals surface area contributed by atoms with Crippen molar-refractivity contribution in [3.8, 4) is 0 Å². The molecule has 0 aromatic carbocycles. The Kier molecular flexibility index (Phi) is 6.52. The van der Waals surface area contributed by atoms with E-state index in [2.05, 4.69) is 15.6 Å². The minimum atomic E-state index is -1.09. The van der Waals surface area contributed by atoms with E-state index in [-0.39, 0.29) is 30.6 Å². The standard InChI is InChI=1S/C15H21N3O4S/c19-12(6-5-10-3-1-2-4-10)16-7-13(20)17-8-14-18-11(9-23-14)15(21)22/h9-10H,1-8H2,(H,16,19)(H,17,20)(H,21,22). The third kappa shape index (κ3) is 5.97.